The molecule has 158 valence electrons. The molecule has 0 saturated carbocycles. The molecule has 0 saturated heterocycles. The highest BCUT2D eigenvalue weighted by atomic mass is 16.5. The Hall–Kier alpha value is -4.12. The number of carbonyl (C=O) groups is 2. The minimum atomic E-state index is -0.470. The minimum absolute atomic E-state index is 0.211. The molecular formula is C27H20O5. The zero-order chi connectivity index (χ0) is 22.2. The standard InChI is InChI=1S/C27H20O5/c1-16-7-9-18(10-8-16)27(29)31-21-11-12-22-24(15-21)32-25(26(22)28)14-20-13-19-5-3-4-6-23(19)30-17(20)2/h3-15,17H,1-2H3. The number of aryl methyl sites for hydroxylation is 1. The molecular weight excluding hydrogens is 404 g/mol. The maximum absolute atomic E-state index is 12.8. The second kappa shape index (κ2) is 7.85. The lowest BCUT2D eigenvalue weighted by molar-refractivity contribution is 0.0734. The van der Waals surface area contributed by atoms with E-state index in [4.69, 9.17) is 14.2 Å². The Labute approximate surface area is 185 Å². The predicted molar refractivity (Wildman–Crippen MR) is 120 cm³/mol. The van der Waals surface area contributed by atoms with Gasteiger partial charge in [-0.3, -0.25) is 4.79 Å². The lowest BCUT2D eigenvalue weighted by Gasteiger charge is -2.22. The summed E-state index contributed by atoms with van der Waals surface area (Å²) in [5, 5.41) is 0. The van der Waals surface area contributed by atoms with Crippen LogP contribution in [-0.4, -0.2) is 17.9 Å². The maximum atomic E-state index is 12.8. The van der Waals surface area contributed by atoms with E-state index in [9.17, 15) is 9.59 Å². The van der Waals surface area contributed by atoms with Crippen LogP contribution < -0.4 is 14.2 Å². The maximum Gasteiger partial charge on any atom is 0.343 e. The molecule has 5 rings (SSSR count). The normalized spacial score (nSPS) is 17.7. The summed E-state index contributed by atoms with van der Waals surface area (Å²) in [6.45, 7) is 3.87. The molecule has 2 aliphatic heterocycles. The van der Waals surface area contributed by atoms with Gasteiger partial charge in [-0.05, 0) is 61.9 Å². The monoisotopic (exact) mass is 424 g/mol. The number of esters is 1. The van der Waals surface area contributed by atoms with E-state index in [-0.39, 0.29) is 17.6 Å². The third kappa shape index (κ3) is 3.69. The molecule has 3 aromatic carbocycles. The minimum Gasteiger partial charge on any atom is -0.485 e. The van der Waals surface area contributed by atoms with Crippen LogP contribution in [0.4, 0.5) is 0 Å². The molecule has 0 amide bonds. The first kappa shape index (κ1) is 19.8. The molecule has 1 atom stereocenters. The van der Waals surface area contributed by atoms with E-state index < -0.39 is 5.97 Å². The summed E-state index contributed by atoms with van der Waals surface area (Å²) in [6.07, 6.45) is 3.48. The first-order chi connectivity index (χ1) is 15.5. The largest absolute Gasteiger partial charge is 0.485 e. The summed E-state index contributed by atoms with van der Waals surface area (Å²) >= 11 is 0. The first-order valence-corrected chi connectivity index (χ1v) is 10.3. The highest BCUT2D eigenvalue weighted by molar-refractivity contribution is 6.12. The van der Waals surface area contributed by atoms with Crippen LogP contribution >= 0.6 is 0 Å². The van der Waals surface area contributed by atoms with Crippen LogP contribution in [0.2, 0.25) is 0 Å². The summed E-state index contributed by atoms with van der Waals surface area (Å²) in [4.78, 5) is 25.2. The van der Waals surface area contributed by atoms with Crippen molar-refractivity contribution < 1.29 is 23.8 Å². The number of para-hydroxylation sites is 1. The van der Waals surface area contributed by atoms with Crippen molar-refractivity contribution in [3.8, 4) is 17.2 Å². The summed E-state index contributed by atoms with van der Waals surface area (Å²) in [5.74, 6) is 1.00. The average molecular weight is 424 g/mol. The van der Waals surface area contributed by atoms with Crippen molar-refractivity contribution in [3.63, 3.8) is 0 Å². The molecule has 0 N–H and O–H groups in total. The van der Waals surface area contributed by atoms with Gasteiger partial charge in [-0.1, -0.05) is 35.9 Å². The van der Waals surface area contributed by atoms with Crippen molar-refractivity contribution >= 4 is 17.8 Å². The molecule has 3 aromatic rings. The number of fused-ring (bicyclic) bond motifs is 2. The van der Waals surface area contributed by atoms with E-state index in [1.807, 2.05) is 56.3 Å². The summed E-state index contributed by atoms with van der Waals surface area (Å²) in [6, 6.07) is 19.6. The van der Waals surface area contributed by atoms with Gasteiger partial charge in [-0.25, -0.2) is 4.79 Å². The Balaban J connectivity index is 1.38. The number of Topliss-reactive ketones (excluding diaryl/α,β-unsaturated/α-hetero) is 1. The summed E-state index contributed by atoms with van der Waals surface area (Å²) in [7, 11) is 0. The third-order valence-corrected chi connectivity index (χ3v) is 5.45. The van der Waals surface area contributed by atoms with E-state index in [0.717, 1.165) is 22.4 Å². The van der Waals surface area contributed by atoms with Gasteiger partial charge in [-0.15, -0.1) is 0 Å². The van der Waals surface area contributed by atoms with Crippen LogP contribution in [0, 0.1) is 6.92 Å². The van der Waals surface area contributed by atoms with E-state index in [1.165, 1.54) is 0 Å². The van der Waals surface area contributed by atoms with Crippen LogP contribution in [0.5, 0.6) is 17.2 Å². The van der Waals surface area contributed by atoms with E-state index >= 15 is 0 Å². The molecule has 5 heteroatoms. The second-order valence-electron chi connectivity index (χ2n) is 7.80. The first-order valence-electron chi connectivity index (χ1n) is 10.3. The Morgan fingerprint density at radius 1 is 1.00 bits per heavy atom. The van der Waals surface area contributed by atoms with Gasteiger partial charge < -0.3 is 14.2 Å². The fourth-order valence-electron chi connectivity index (χ4n) is 3.66. The van der Waals surface area contributed by atoms with Crippen LogP contribution in [0.3, 0.4) is 0 Å². The van der Waals surface area contributed by atoms with E-state index in [0.29, 0.717) is 22.6 Å². The second-order valence-corrected chi connectivity index (χ2v) is 7.80. The SMILES string of the molecule is Cc1ccc(C(=O)Oc2ccc3c(c2)OC(=CC2=Cc4ccccc4OC2C)C3=O)cc1. The van der Waals surface area contributed by atoms with Gasteiger partial charge in [0.2, 0.25) is 5.78 Å². The van der Waals surface area contributed by atoms with Crippen molar-refractivity contribution in [1.29, 1.82) is 0 Å². The molecule has 0 aliphatic carbocycles. The number of benzene rings is 3. The number of allylic oxidation sites excluding steroid dienone is 1. The van der Waals surface area contributed by atoms with Gasteiger partial charge in [0.05, 0.1) is 11.1 Å². The summed E-state index contributed by atoms with van der Waals surface area (Å²) in [5.41, 5.74) is 3.72. The van der Waals surface area contributed by atoms with Crippen molar-refractivity contribution in [3.05, 3.63) is 106 Å². The van der Waals surface area contributed by atoms with Crippen molar-refractivity contribution in [1.82, 2.24) is 0 Å². The van der Waals surface area contributed by atoms with Gasteiger partial charge in [-0.2, -0.15) is 0 Å². The zero-order valence-corrected chi connectivity index (χ0v) is 17.6. The van der Waals surface area contributed by atoms with E-state index in [1.54, 1.807) is 36.4 Å². The molecule has 2 aliphatic rings. The lowest BCUT2D eigenvalue weighted by Crippen LogP contribution is -2.18. The molecule has 1 unspecified atom stereocenters. The molecule has 0 aromatic heterocycles. The number of hydrogen-bond donors (Lipinski definition) is 0. The van der Waals surface area contributed by atoms with Crippen LogP contribution in [-0.2, 0) is 0 Å². The summed E-state index contributed by atoms with van der Waals surface area (Å²) < 4.78 is 17.2. The molecule has 0 radical (unpaired) electrons. The molecule has 2 heterocycles. The van der Waals surface area contributed by atoms with Crippen LogP contribution in [0.1, 0.15) is 38.8 Å². The van der Waals surface area contributed by atoms with Gasteiger partial charge in [0.15, 0.2) is 5.76 Å². The van der Waals surface area contributed by atoms with Crippen molar-refractivity contribution in [2.45, 2.75) is 20.0 Å². The van der Waals surface area contributed by atoms with Crippen molar-refractivity contribution in [2.24, 2.45) is 0 Å². The van der Waals surface area contributed by atoms with Gasteiger partial charge >= 0.3 is 5.97 Å². The molecule has 0 spiro atoms. The van der Waals surface area contributed by atoms with Gasteiger partial charge in [0.25, 0.3) is 0 Å². The Morgan fingerprint density at radius 2 is 1.78 bits per heavy atom. The molecule has 5 nitrogen and oxygen atoms in total. The topological polar surface area (TPSA) is 61.8 Å². The number of ketones is 1. The van der Waals surface area contributed by atoms with Gasteiger partial charge in [0, 0.05) is 11.6 Å². The Bertz CT molecular complexity index is 1300. The quantitative estimate of drug-likeness (QED) is 0.314. The molecule has 32 heavy (non-hydrogen) atoms. The fraction of sp³-hybridized carbons (Fsp3) is 0.111. The number of rotatable bonds is 3. The molecule has 0 fully saturated rings. The number of hydrogen-bond acceptors (Lipinski definition) is 5. The highest BCUT2D eigenvalue weighted by Gasteiger charge is 2.29. The average Bonchev–Trinajstić information content (AvgIpc) is 3.09. The Morgan fingerprint density at radius 3 is 2.59 bits per heavy atom. The predicted octanol–water partition coefficient (Wildman–Crippen LogP) is 5.54. The number of carbonyl (C=O) groups excluding carboxylic acids is 2. The zero-order valence-electron chi connectivity index (χ0n) is 17.6. The number of ether oxygens (including phenoxy) is 3. The highest BCUT2D eigenvalue weighted by Crippen LogP contribution is 2.36. The lowest BCUT2D eigenvalue weighted by atomic mass is 10.0. The Kier molecular flexibility index (Phi) is 4.86. The molecule has 0 bridgehead atoms. The van der Waals surface area contributed by atoms with Crippen LogP contribution in [0.25, 0.3) is 6.08 Å². The van der Waals surface area contributed by atoms with Crippen molar-refractivity contribution in [2.75, 3.05) is 0 Å². The van der Waals surface area contributed by atoms with Gasteiger partial charge in [0.1, 0.15) is 23.4 Å². The van der Waals surface area contributed by atoms with Crippen LogP contribution in [0.15, 0.2) is 84.1 Å². The third-order valence-electron chi connectivity index (χ3n) is 5.45. The smallest absolute Gasteiger partial charge is 0.343 e. The fourth-order valence-corrected chi connectivity index (χ4v) is 3.66. The van der Waals surface area contributed by atoms with E-state index in [2.05, 4.69) is 0 Å².